The Bertz CT molecular complexity index is 453. The molecule has 2 heterocycles. The van der Waals surface area contributed by atoms with Crippen molar-refractivity contribution in [2.75, 3.05) is 19.3 Å². The number of pyridine rings is 1. The van der Waals surface area contributed by atoms with Crippen molar-refractivity contribution in [3.8, 4) is 0 Å². The number of hydrogen-bond acceptors (Lipinski definition) is 4. The zero-order chi connectivity index (χ0) is 12.1. The van der Waals surface area contributed by atoms with Crippen molar-refractivity contribution in [1.29, 1.82) is 0 Å². The molecule has 0 aliphatic carbocycles. The minimum atomic E-state index is 0.635. The molecular formula is C13H17N3S. The Morgan fingerprint density at radius 3 is 2.94 bits per heavy atom. The molecule has 2 aromatic rings. The molecule has 2 aromatic heterocycles. The second-order valence-corrected chi connectivity index (χ2v) is 5.15. The fraction of sp³-hybridized carbons (Fsp3) is 0.308. The van der Waals surface area contributed by atoms with E-state index in [1.165, 1.54) is 4.88 Å². The molecule has 0 aliphatic rings. The Hall–Kier alpha value is -1.39. The van der Waals surface area contributed by atoms with Crippen LogP contribution < -0.4 is 5.73 Å². The average molecular weight is 247 g/mol. The SMILES string of the molecule is CN(CCc1cccs1)Cc1cccnc1N. The van der Waals surface area contributed by atoms with E-state index in [2.05, 4.69) is 34.4 Å². The quantitative estimate of drug-likeness (QED) is 0.882. The van der Waals surface area contributed by atoms with Gasteiger partial charge in [0.1, 0.15) is 5.82 Å². The number of anilines is 1. The monoisotopic (exact) mass is 247 g/mol. The van der Waals surface area contributed by atoms with Crippen LogP contribution in [-0.4, -0.2) is 23.5 Å². The summed E-state index contributed by atoms with van der Waals surface area (Å²) in [5.74, 6) is 0.635. The van der Waals surface area contributed by atoms with Crippen LogP contribution in [0, 0.1) is 0 Å². The molecule has 17 heavy (non-hydrogen) atoms. The molecule has 0 bridgehead atoms. The Labute approximate surface area is 106 Å². The van der Waals surface area contributed by atoms with Crippen molar-refractivity contribution < 1.29 is 0 Å². The highest BCUT2D eigenvalue weighted by Crippen LogP contribution is 2.12. The van der Waals surface area contributed by atoms with Gasteiger partial charge in [0.05, 0.1) is 0 Å². The summed E-state index contributed by atoms with van der Waals surface area (Å²) in [7, 11) is 2.11. The third-order valence-corrected chi connectivity index (χ3v) is 3.62. The van der Waals surface area contributed by atoms with Gasteiger partial charge in [-0.1, -0.05) is 12.1 Å². The van der Waals surface area contributed by atoms with Crippen LogP contribution in [0.2, 0.25) is 0 Å². The summed E-state index contributed by atoms with van der Waals surface area (Å²) in [6.07, 6.45) is 2.82. The van der Waals surface area contributed by atoms with Crippen molar-refractivity contribution >= 4 is 17.2 Å². The van der Waals surface area contributed by atoms with Gasteiger partial charge in [-0.3, -0.25) is 0 Å². The van der Waals surface area contributed by atoms with Crippen LogP contribution in [0.5, 0.6) is 0 Å². The maximum absolute atomic E-state index is 5.82. The first-order valence-corrected chi connectivity index (χ1v) is 6.54. The van der Waals surface area contributed by atoms with E-state index in [1.54, 1.807) is 6.20 Å². The molecule has 0 atom stereocenters. The summed E-state index contributed by atoms with van der Waals surface area (Å²) in [5.41, 5.74) is 6.92. The molecule has 4 heteroatoms. The molecule has 2 rings (SSSR count). The van der Waals surface area contributed by atoms with E-state index in [1.807, 2.05) is 23.5 Å². The van der Waals surface area contributed by atoms with Crippen LogP contribution in [0.4, 0.5) is 5.82 Å². The van der Waals surface area contributed by atoms with E-state index >= 15 is 0 Å². The number of rotatable bonds is 5. The lowest BCUT2D eigenvalue weighted by Crippen LogP contribution is -2.21. The van der Waals surface area contributed by atoms with Crippen molar-refractivity contribution in [1.82, 2.24) is 9.88 Å². The molecule has 0 amide bonds. The first-order chi connectivity index (χ1) is 8.25. The predicted molar refractivity (Wildman–Crippen MR) is 73.0 cm³/mol. The number of hydrogen-bond donors (Lipinski definition) is 1. The highest BCUT2D eigenvalue weighted by Gasteiger charge is 2.04. The number of nitrogen functional groups attached to an aromatic ring is 1. The predicted octanol–water partition coefficient (Wildman–Crippen LogP) is 2.40. The van der Waals surface area contributed by atoms with Gasteiger partial charge in [-0.25, -0.2) is 4.98 Å². The summed E-state index contributed by atoms with van der Waals surface area (Å²) >= 11 is 1.81. The maximum atomic E-state index is 5.82. The second-order valence-electron chi connectivity index (χ2n) is 4.11. The topological polar surface area (TPSA) is 42.2 Å². The number of nitrogens with zero attached hydrogens (tertiary/aromatic N) is 2. The highest BCUT2D eigenvalue weighted by molar-refractivity contribution is 7.09. The number of thiophene rings is 1. The summed E-state index contributed by atoms with van der Waals surface area (Å²) in [6, 6.07) is 8.23. The second kappa shape index (κ2) is 5.80. The van der Waals surface area contributed by atoms with Crippen molar-refractivity contribution in [3.05, 3.63) is 46.3 Å². The molecule has 0 saturated heterocycles. The van der Waals surface area contributed by atoms with Gasteiger partial charge in [-0.05, 0) is 31.0 Å². The maximum Gasteiger partial charge on any atom is 0.127 e. The normalized spacial score (nSPS) is 10.9. The fourth-order valence-electron chi connectivity index (χ4n) is 1.71. The first-order valence-electron chi connectivity index (χ1n) is 5.66. The van der Waals surface area contributed by atoms with Gasteiger partial charge in [-0.15, -0.1) is 11.3 Å². The molecule has 0 spiro atoms. The van der Waals surface area contributed by atoms with Gasteiger partial charge in [0.25, 0.3) is 0 Å². The summed E-state index contributed by atoms with van der Waals surface area (Å²) < 4.78 is 0. The van der Waals surface area contributed by atoms with E-state index in [0.29, 0.717) is 5.82 Å². The molecule has 0 unspecified atom stereocenters. The van der Waals surface area contributed by atoms with Gasteiger partial charge in [-0.2, -0.15) is 0 Å². The lowest BCUT2D eigenvalue weighted by Gasteiger charge is -2.16. The molecule has 0 radical (unpaired) electrons. The van der Waals surface area contributed by atoms with Crippen LogP contribution >= 0.6 is 11.3 Å². The molecule has 0 aliphatic heterocycles. The smallest absolute Gasteiger partial charge is 0.127 e. The first kappa shape index (κ1) is 12.1. The van der Waals surface area contributed by atoms with E-state index in [0.717, 1.165) is 25.1 Å². The Morgan fingerprint density at radius 1 is 1.35 bits per heavy atom. The third kappa shape index (κ3) is 3.54. The Balaban J connectivity index is 1.85. The Kier molecular flexibility index (Phi) is 4.12. The Morgan fingerprint density at radius 2 is 2.24 bits per heavy atom. The number of likely N-dealkylation sites (N-methyl/N-ethyl adjacent to an activating group) is 1. The minimum Gasteiger partial charge on any atom is -0.383 e. The third-order valence-electron chi connectivity index (χ3n) is 2.69. The number of nitrogens with two attached hydrogens (primary N) is 1. The molecule has 2 N–H and O–H groups in total. The van der Waals surface area contributed by atoms with E-state index in [9.17, 15) is 0 Å². The van der Waals surface area contributed by atoms with Crippen molar-refractivity contribution in [2.45, 2.75) is 13.0 Å². The van der Waals surface area contributed by atoms with Crippen LogP contribution in [-0.2, 0) is 13.0 Å². The molecule has 90 valence electrons. The summed E-state index contributed by atoms with van der Waals surface area (Å²) in [5, 5.41) is 2.12. The van der Waals surface area contributed by atoms with Crippen LogP contribution in [0.3, 0.4) is 0 Å². The van der Waals surface area contributed by atoms with E-state index in [-0.39, 0.29) is 0 Å². The van der Waals surface area contributed by atoms with E-state index in [4.69, 9.17) is 5.73 Å². The largest absolute Gasteiger partial charge is 0.383 e. The highest BCUT2D eigenvalue weighted by atomic mass is 32.1. The van der Waals surface area contributed by atoms with Crippen LogP contribution in [0.15, 0.2) is 35.8 Å². The zero-order valence-corrected chi connectivity index (χ0v) is 10.8. The van der Waals surface area contributed by atoms with Crippen LogP contribution in [0.1, 0.15) is 10.4 Å². The standard InChI is InChI=1S/C13H17N3S/c1-16(8-6-12-5-3-9-17-12)10-11-4-2-7-15-13(11)14/h2-5,7,9H,6,8,10H2,1H3,(H2,14,15). The van der Waals surface area contributed by atoms with Gasteiger partial charge in [0, 0.05) is 29.7 Å². The average Bonchev–Trinajstić information content (AvgIpc) is 2.82. The molecule has 3 nitrogen and oxygen atoms in total. The fourth-order valence-corrected chi connectivity index (χ4v) is 2.41. The van der Waals surface area contributed by atoms with E-state index < -0.39 is 0 Å². The summed E-state index contributed by atoms with van der Waals surface area (Å²) in [6.45, 7) is 1.89. The molecule has 0 aromatic carbocycles. The zero-order valence-electron chi connectivity index (χ0n) is 9.97. The van der Waals surface area contributed by atoms with Gasteiger partial charge < -0.3 is 10.6 Å². The lowest BCUT2D eigenvalue weighted by molar-refractivity contribution is 0.332. The molecule has 0 fully saturated rings. The number of aromatic nitrogens is 1. The van der Waals surface area contributed by atoms with Gasteiger partial charge in [0.15, 0.2) is 0 Å². The molecule has 0 saturated carbocycles. The van der Waals surface area contributed by atoms with Crippen molar-refractivity contribution in [3.63, 3.8) is 0 Å². The van der Waals surface area contributed by atoms with Crippen molar-refractivity contribution in [2.24, 2.45) is 0 Å². The minimum absolute atomic E-state index is 0.635. The summed E-state index contributed by atoms with van der Waals surface area (Å²) in [4.78, 5) is 7.79. The van der Waals surface area contributed by atoms with Gasteiger partial charge in [0.2, 0.25) is 0 Å². The lowest BCUT2D eigenvalue weighted by atomic mass is 10.2. The van der Waals surface area contributed by atoms with Crippen LogP contribution in [0.25, 0.3) is 0 Å². The molecular weight excluding hydrogens is 230 g/mol. The van der Waals surface area contributed by atoms with Gasteiger partial charge >= 0.3 is 0 Å².